The number of hydrogen-bond donors (Lipinski definition) is 1. The summed E-state index contributed by atoms with van der Waals surface area (Å²) in [6.45, 7) is 3.70. The first kappa shape index (κ1) is 10.9. The van der Waals surface area contributed by atoms with E-state index in [2.05, 4.69) is 0 Å². The van der Waals surface area contributed by atoms with Gasteiger partial charge in [0.25, 0.3) is 0 Å². The van der Waals surface area contributed by atoms with Crippen molar-refractivity contribution in [2.75, 3.05) is 0 Å². The minimum absolute atomic E-state index is 0.100. The zero-order valence-corrected chi connectivity index (χ0v) is 7.89. The third kappa shape index (κ3) is 2.19. The molecule has 78 valence electrons. The van der Waals surface area contributed by atoms with Gasteiger partial charge in [0.2, 0.25) is 0 Å². The zero-order valence-electron chi connectivity index (χ0n) is 7.89. The van der Waals surface area contributed by atoms with Crippen molar-refractivity contribution in [3.63, 3.8) is 0 Å². The molecule has 0 amide bonds. The second-order valence-electron chi connectivity index (χ2n) is 3.43. The Morgan fingerprint density at radius 2 is 1.79 bits per heavy atom. The van der Waals surface area contributed by atoms with Gasteiger partial charge in [-0.3, -0.25) is 0 Å². The van der Waals surface area contributed by atoms with Crippen molar-refractivity contribution in [2.45, 2.75) is 25.9 Å². The van der Waals surface area contributed by atoms with Crippen LogP contribution in [0, 0.1) is 0 Å². The largest absolute Gasteiger partial charge is 0.507 e. The molecule has 0 spiro atoms. The lowest BCUT2D eigenvalue weighted by atomic mass is 10.0. The monoisotopic (exact) mass is 204 g/mol. The van der Waals surface area contributed by atoms with Gasteiger partial charge in [0.05, 0.1) is 5.56 Å². The van der Waals surface area contributed by atoms with Gasteiger partial charge in [-0.2, -0.15) is 13.2 Å². The fourth-order valence-corrected chi connectivity index (χ4v) is 1.15. The fraction of sp³-hybridized carbons (Fsp3) is 0.400. The summed E-state index contributed by atoms with van der Waals surface area (Å²) in [6.07, 6.45) is -4.49. The topological polar surface area (TPSA) is 20.2 Å². The maximum absolute atomic E-state index is 12.2. The summed E-state index contributed by atoms with van der Waals surface area (Å²) in [6, 6.07) is 3.45. The van der Waals surface area contributed by atoms with Crippen molar-refractivity contribution in [3.8, 4) is 5.75 Å². The van der Waals surface area contributed by atoms with Crippen molar-refractivity contribution in [2.24, 2.45) is 0 Å². The molecule has 0 unspecified atom stereocenters. The van der Waals surface area contributed by atoms with E-state index in [1.807, 2.05) is 13.8 Å². The minimum atomic E-state index is -4.49. The first-order chi connectivity index (χ1) is 6.32. The lowest BCUT2D eigenvalue weighted by Crippen LogP contribution is -2.05. The zero-order chi connectivity index (χ0) is 10.9. The van der Waals surface area contributed by atoms with Gasteiger partial charge in [-0.25, -0.2) is 0 Å². The quantitative estimate of drug-likeness (QED) is 0.741. The molecule has 0 saturated heterocycles. The van der Waals surface area contributed by atoms with E-state index in [0.717, 1.165) is 12.1 Å². The van der Waals surface area contributed by atoms with Gasteiger partial charge in [0, 0.05) is 0 Å². The van der Waals surface area contributed by atoms with Crippen LogP contribution in [0.3, 0.4) is 0 Å². The average Bonchev–Trinajstić information content (AvgIpc) is 2.01. The second-order valence-corrected chi connectivity index (χ2v) is 3.43. The van der Waals surface area contributed by atoms with Gasteiger partial charge in [0.15, 0.2) is 0 Å². The van der Waals surface area contributed by atoms with Crippen molar-refractivity contribution in [1.29, 1.82) is 0 Å². The highest BCUT2D eigenvalue weighted by atomic mass is 19.4. The first-order valence-corrected chi connectivity index (χ1v) is 4.22. The van der Waals surface area contributed by atoms with E-state index in [1.165, 1.54) is 6.07 Å². The molecule has 1 rings (SSSR count). The summed E-state index contributed by atoms with van der Waals surface area (Å²) in [5, 5.41) is 9.16. The molecule has 0 atom stereocenters. The number of alkyl halides is 3. The Bertz CT molecular complexity index is 329. The van der Waals surface area contributed by atoms with Gasteiger partial charge in [0.1, 0.15) is 5.75 Å². The number of aromatic hydroxyl groups is 1. The fourth-order valence-electron chi connectivity index (χ4n) is 1.15. The highest BCUT2D eigenvalue weighted by Crippen LogP contribution is 2.36. The van der Waals surface area contributed by atoms with E-state index in [4.69, 9.17) is 5.11 Å². The summed E-state index contributed by atoms with van der Waals surface area (Å²) in [7, 11) is 0. The van der Waals surface area contributed by atoms with Crippen LogP contribution in [0.25, 0.3) is 0 Å². The van der Waals surface area contributed by atoms with E-state index >= 15 is 0 Å². The highest BCUT2D eigenvalue weighted by Gasteiger charge is 2.33. The summed E-state index contributed by atoms with van der Waals surface area (Å²) in [5.74, 6) is -0.605. The normalized spacial score (nSPS) is 12.1. The van der Waals surface area contributed by atoms with Crippen LogP contribution in [-0.4, -0.2) is 5.11 Å². The summed E-state index contributed by atoms with van der Waals surface area (Å²) < 4.78 is 36.7. The minimum Gasteiger partial charge on any atom is -0.507 e. The smallest absolute Gasteiger partial charge is 0.419 e. The molecule has 0 heterocycles. The Kier molecular flexibility index (Phi) is 2.73. The molecular formula is C10H11F3O. The molecule has 1 aromatic carbocycles. The van der Waals surface area contributed by atoms with Gasteiger partial charge in [-0.1, -0.05) is 19.9 Å². The van der Waals surface area contributed by atoms with E-state index in [0.29, 0.717) is 5.56 Å². The number of benzene rings is 1. The predicted molar refractivity (Wildman–Crippen MR) is 47.2 cm³/mol. The molecule has 0 radical (unpaired) electrons. The van der Waals surface area contributed by atoms with Crippen LogP contribution in [0.2, 0.25) is 0 Å². The van der Waals surface area contributed by atoms with E-state index in [9.17, 15) is 13.2 Å². The molecule has 0 aliphatic carbocycles. The Morgan fingerprint density at radius 3 is 2.14 bits per heavy atom. The van der Waals surface area contributed by atoms with Crippen molar-refractivity contribution in [1.82, 2.24) is 0 Å². The van der Waals surface area contributed by atoms with E-state index in [1.54, 1.807) is 0 Å². The van der Waals surface area contributed by atoms with E-state index < -0.39 is 17.5 Å². The molecule has 0 aliphatic rings. The molecule has 0 aliphatic heterocycles. The Hall–Kier alpha value is -1.19. The van der Waals surface area contributed by atoms with Crippen LogP contribution in [0.4, 0.5) is 13.2 Å². The molecular weight excluding hydrogens is 193 g/mol. The maximum atomic E-state index is 12.2. The molecule has 1 N–H and O–H groups in total. The van der Waals surface area contributed by atoms with Crippen LogP contribution in [0.1, 0.15) is 30.9 Å². The van der Waals surface area contributed by atoms with Crippen molar-refractivity contribution in [3.05, 3.63) is 29.3 Å². The number of hydrogen-bond acceptors (Lipinski definition) is 1. The van der Waals surface area contributed by atoms with Crippen molar-refractivity contribution < 1.29 is 18.3 Å². The molecule has 1 nitrogen and oxygen atoms in total. The Balaban J connectivity index is 3.15. The van der Waals surface area contributed by atoms with Crippen LogP contribution in [0.15, 0.2) is 18.2 Å². The molecule has 0 aromatic heterocycles. The summed E-state index contributed by atoms with van der Waals surface area (Å²) in [5.41, 5.74) is -0.294. The molecule has 0 bridgehead atoms. The predicted octanol–water partition coefficient (Wildman–Crippen LogP) is 3.53. The van der Waals surface area contributed by atoms with E-state index in [-0.39, 0.29) is 5.92 Å². The molecule has 0 saturated carbocycles. The lowest BCUT2D eigenvalue weighted by molar-refractivity contribution is -0.138. The van der Waals surface area contributed by atoms with Crippen LogP contribution in [-0.2, 0) is 6.18 Å². The number of rotatable bonds is 1. The number of phenolic OH excluding ortho intramolecular Hbond substituents is 1. The van der Waals surface area contributed by atoms with Crippen molar-refractivity contribution >= 4 is 0 Å². The summed E-state index contributed by atoms with van der Waals surface area (Å²) in [4.78, 5) is 0. The molecule has 1 aromatic rings. The SMILES string of the molecule is CC(C)c1ccc(C(F)(F)F)c(O)c1. The second kappa shape index (κ2) is 3.52. The van der Waals surface area contributed by atoms with Gasteiger partial charge >= 0.3 is 6.18 Å². The van der Waals surface area contributed by atoms with Gasteiger partial charge in [-0.15, -0.1) is 0 Å². The van der Waals surface area contributed by atoms with Gasteiger partial charge in [-0.05, 0) is 23.6 Å². The number of halogens is 3. The van der Waals surface area contributed by atoms with Gasteiger partial charge < -0.3 is 5.11 Å². The average molecular weight is 204 g/mol. The lowest BCUT2D eigenvalue weighted by Gasteiger charge is -2.11. The third-order valence-corrected chi connectivity index (χ3v) is 1.99. The Labute approximate surface area is 80.2 Å². The maximum Gasteiger partial charge on any atom is 0.419 e. The molecule has 4 heteroatoms. The standard InChI is InChI=1S/C10H11F3O/c1-6(2)7-3-4-8(9(14)5-7)10(11,12)13/h3-6,14H,1-2H3. The Morgan fingerprint density at radius 1 is 1.21 bits per heavy atom. The highest BCUT2D eigenvalue weighted by molar-refractivity contribution is 5.39. The molecule has 14 heavy (non-hydrogen) atoms. The third-order valence-electron chi connectivity index (χ3n) is 1.99. The van der Waals surface area contributed by atoms with Crippen LogP contribution >= 0.6 is 0 Å². The summed E-state index contributed by atoms with van der Waals surface area (Å²) >= 11 is 0. The number of phenols is 1. The van der Waals surface area contributed by atoms with Crippen LogP contribution in [0.5, 0.6) is 5.75 Å². The van der Waals surface area contributed by atoms with Crippen LogP contribution < -0.4 is 0 Å². The molecule has 0 fully saturated rings. The first-order valence-electron chi connectivity index (χ1n) is 4.22.